The Kier molecular flexibility index (Phi) is 4.38. The van der Waals surface area contributed by atoms with Gasteiger partial charge in [-0.1, -0.05) is 13.0 Å². The molecule has 1 heterocycles. The minimum atomic E-state index is 0.0491. The topological polar surface area (TPSA) is 29.9 Å². The normalized spacial score (nSPS) is 15.4. The van der Waals surface area contributed by atoms with E-state index in [4.69, 9.17) is 0 Å². The molecule has 1 rings (SSSR count). The molecular weight excluding hydrogens is 222 g/mol. The minimum absolute atomic E-state index is 0.0491. The van der Waals surface area contributed by atoms with Crippen LogP contribution in [-0.4, -0.2) is 21.9 Å². The van der Waals surface area contributed by atoms with Crippen LogP contribution in [-0.2, 0) is 13.5 Å². The first-order chi connectivity index (χ1) is 8.15. The summed E-state index contributed by atoms with van der Waals surface area (Å²) in [4.78, 5) is 0. The molecule has 0 saturated heterocycles. The third-order valence-electron chi connectivity index (χ3n) is 3.20. The Morgan fingerprint density at radius 1 is 1.39 bits per heavy atom. The Hall–Kier alpha value is -1.09. The molecule has 0 aromatic carbocycles. The van der Waals surface area contributed by atoms with Crippen molar-refractivity contribution in [2.24, 2.45) is 12.5 Å². The maximum absolute atomic E-state index is 4.40. The van der Waals surface area contributed by atoms with E-state index >= 15 is 0 Å². The summed E-state index contributed by atoms with van der Waals surface area (Å²) in [6, 6.07) is 2.15. The maximum Gasteiger partial charge on any atom is 0.0596 e. The molecule has 1 unspecified atom stereocenters. The molecule has 102 valence electrons. The lowest BCUT2D eigenvalue weighted by Gasteiger charge is -2.31. The summed E-state index contributed by atoms with van der Waals surface area (Å²) in [5, 5.41) is 7.96. The molecule has 1 aromatic heterocycles. The van der Waals surface area contributed by atoms with Gasteiger partial charge in [0.15, 0.2) is 0 Å². The van der Waals surface area contributed by atoms with Crippen LogP contribution in [0.4, 0.5) is 0 Å². The maximum atomic E-state index is 4.40. The van der Waals surface area contributed by atoms with Crippen LogP contribution >= 0.6 is 0 Å². The molecule has 18 heavy (non-hydrogen) atoms. The summed E-state index contributed by atoms with van der Waals surface area (Å²) in [6.07, 6.45) is 3.00. The van der Waals surface area contributed by atoms with Gasteiger partial charge in [-0.3, -0.25) is 4.68 Å². The molecule has 0 saturated carbocycles. The van der Waals surface area contributed by atoms with E-state index < -0.39 is 0 Å². The van der Waals surface area contributed by atoms with Crippen LogP contribution in [0.2, 0.25) is 0 Å². The van der Waals surface area contributed by atoms with Gasteiger partial charge in [0.25, 0.3) is 0 Å². The predicted molar refractivity (Wildman–Crippen MR) is 77.7 cm³/mol. The molecule has 0 aliphatic rings. The summed E-state index contributed by atoms with van der Waals surface area (Å²) in [7, 11) is 2.00. The number of aromatic nitrogens is 2. The number of nitrogens with zero attached hydrogens (tertiary/aromatic N) is 2. The Labute approximate surface area is 111 Å². The Morgan fingerprint density at radius 3 is 2.39 bits per heavy atom. The van der Waals surface area contributed by atoms with Gasteiger partial charge in [0.2, 0.25) is 0 Å². The first kappa shape index (κ1) is 15.0. The zero-order valence-electron chi connectivity index (χ0n) is 12.7. The molecule has 0 aliphatic carbocycles. The van der Waals surface area contributed by atoms with Crippen molar-refractivity contribution in [1.82, 2.24) is 15.1 Å². The highest BCUT2D eigenvalue weighted by atomic mass is 15.3. The zero-order valence-corrected chi connectivity index (χ0v) is 12.7. The summed E-state index contributed by atoms with van der Waals surface area (Å²) in [6.45, 7) is 15.7. The lowest BCUT2D eigenvalue weighted by atomic mass is 9.84. The standard InChI is InChI=1S/C15H27N3/c1-8-15(6,11-16-14(3,4)5)10-13-9-12(2)17-18(13)7/h8-9,16H,1,10-11H2,2-7H3. The Balaban J connectivity index is 2.76. The molecule has 0 bridgehead atoms. The SMILES string of the molecule is C=CC(C)(CNC(C)(C)C)Cc1cc(C)nn1C. The lowest BCUT2D eigenvalue weighted by Crippen LogP contribution is -2.43. The van der Waals surface area contributed by atoms with E-state index in [2.05, 4.69) is 50.8 Å². The van der Waals surface area contributed by atoms with Crippen molar-refractivity contribution in [1.29, 1.82) is 0 Å². The predicted octanol–water partition coefficient (Wildman–Crippen LogP) is 2.85. The largest absolute Gasteiger partial charge is 0.311 e. The molecule has 1 aromatic rings. The van der Waals surface area contributed by atoms with Gasteiger partial charge in [-0.05, 0) is 40.2 Å². The second-order valence-corrected chi connectivity index (χ2v) is 6.54. The van der Waals surface area contributed by atoms with Gasteiger partial charge in [-0.25, -0.2) is 0 Å². The van der Waals surface area contributed by atoms with Crippen molar-refractivity contribution < 1.29 is 0 Å². The quantitative estimate of drug-likeness (QED) is 0.813. The van der Waals surface area contributed by atoms with Gasteiger partial charge in [0.1, 0.15) is 0 Å². The van der Waals surface area contributed by atoms with Crippen LogP contribution in [0.25, 0.3) is 0 Å². The molecule has 0 amide bonds. The highest BCUT2D eigenvalue weighted by molar-refractivity contribution is 5.13. The van der Waals surface area contributed by atoms with E-state index in [1.807, 2.05) is 24.7 Å². The van der Waals surface area contributed by atoms with E-state index in [9.17, 15) is 0 Å². The number of rotatable bonds is 5. The van der Waals surface area contributed by atoms with E-state index in [0.717, 1.165) is 18.7 Å². The van der Waals surface area contributed by atoms with Crippen molar-refractivity contribution in [3.05, 3.63) is 30.1 Å². The Morgan fingerprint density at radius 2 is 2.00 bits per heavy atom. The molecule has 0 aliphatic heterocycles. The number of aryl methyl sites for hydroxylation is 2. The second-order valence-electron chi connectivity index (χ2n) is 6.54. The van der Waals surface area contributed by atoms with Gasteiger partial charge in [-0.15, -0.1) is 6.58 Å². The fourth-order valence-electron chi connectivity index (χ4n) is 1.92. The third kappa shape index (κ3) is 4.30. The van der Waals surface area contributed by atoms with Crippen LogP contribution < -0.4 is 5.32 Å². The summed E-state index contributed by atoms with van der Waals surface area (Å²) >= 11 is 0. The zero-order chi connectivity index (χ0) is 14.0. The van der Waals surface area contributed by atoms with Crippen LogP contribution in [0.5, 0.6) is 0 Å². The van der Waals surface area contributed by atoms with Gasteiger partial charge >= 0.3 is 0 Å². The van der Waals surface area contributed by atoms with Crippen molar-refractivity contribution in [3.63, 3.8) is 0 Å². The first-order valence-electron chi connectivity index (χ1n) is 6.53. The van der Waals surface area contributed by atoms with Crippen molar-refractivity contribution in [2.45, 2.75) is 46.6 Å². The summed E-state index contributed by atoms with van der Waals surface area (Å²) in [5.41, 5.74) is 2.51. The lowest BCUT2D eigenvalue weighted by molar-refractivity contribution is 0.318. The molecule has 3 heteroatoms. The smallest absolute Gasteiger partial charge is 0.0596 e. The van der Waals surface area contributed by atoms with Crippen LogP contribution in [0.3, 0.4) is 0 Å². The fourth-order valence-corrected chi connectivity index (χ4v) is 1.92. The average Bonchev–Trinajstić information content (AvgIpc) is 2.54. The van der Waals surface area contributed by atoms with E-state index in [-0.39, 0.29) is 11.0 Å². The molecule has 1 atom stereocenters. The summed E-state index contributed by atoms with van der Waals surface area (Å²) in [5.74, 6) is 0. The van der Waals surface area contributed by atoms with Crippen LogP contribution in [0.1, 0.15) is 39.1 Å². The first-order valence-corrected chi connectivity index (χ1v) is 6.53. The van der Waals surface area contributed by atoms with Gasteiger partial charge in [0, 0.05) is 30.2 Å². The molecular formula is C15H27N3. The van der Waals surface area contributed by atoms with Gasteiger partial charge < -0.3 is 5.32 Å². The fraction of sp³-hybridized carbons (Fsp3) is 0.667. The van der Waals surface area contributed by atoms with Crippen molar-refractivity contribution in [2.75, 3.05) is 6.54 Å². The molecule has 0 spiro atoms. The number of hydrogen-bond acceptors (Lipinski definition) is 2. The molecule has 0 fully saturated rings. The average molecular weight is 249 g/mol. The molecule has 0 radical (unpaired) electrons. The minimum Gasteiger partial charge on any atom is -0.311 e. The van der Waals surface area contributed by atoms with Crippen molar-refractivity contribution >= 4 is 0 Å². The van der Waals surface area contributed by atoms with Crippen molar-refractivity contribution in [3.8, 4) is 0 Å². The van der Waals surface area contributed by atoms with Crippen LogP contribution in [0.15, 0.2) is 18.7 Å². The molecule has 1 N–H and O–H groups in total. The van der Waals surface area contributed by atoms with E-state index in [1.165, 1.54) is 5.69 Å². The van der Waals surface area contributed by atoms with Gasteiger partial charge in [-0.2, -0.15) is 5.10 Å². The number of hydrogen-bond donors (Lipinski definition) is 1. The monoisotopic (exact) mass is 249 g/mol. The third-order valence-corrected chi connectivity index (χ3v) is 3.20. The van der Waals surface area contributed by atoms with E-state index in [1.54, 1.807) is 0 Å². The summed E-state index contributed by atoms with van der Waals surface area (Å²) < 4.78 is 1.97. The van der Waals surface area contributed by atoms with Crippen LogP contribution in [0, 0.1) is 12.3 Å². The highest BCUT2D eigenvalue weighted by Gasteiger charge is 2.24. The van der Waals surface area contributed by atoms with E-state index in [0.29, 0.717) is 0 Å². The Bertz CT molecular complexity index is 412. The highest BCUT2D eigenvalue weighted by Crippen LogP contribution is 2.24. The van der Waals surface area contributed by atoms with Gasteiger partial charge in [0.05, 0.1) is 5.69 Å². The number of nitrogens with one attached hydrogen (secondary N) is 1. The second kappa shape index (κ2) is 5.27. The molecule has 3 nitrogen and oxygen atoms in total.